The van der Waals surface area contributed by atoms with Crippen LogP contribution in [0, 0.1) is 0 Å². The SMILES string of the molecule is CCc1ccc(N(C)CCN(C)c2ccc(N)cc2)cc1. The Labute approximate surface area is 128 Å². The Bertz CT molecular complexity index is 546. The van der Waals surface area contributed by atoms with E-state index in [9.17, 15) is 0 Å². The molecule has 0 aromatic heterocycles. The van der Waals surface area contributed by atoms with Crippen molar-refractivity contribution in [2.45, 2.75) is 13.3 Å². The molecule has 0 amide bonds. The van der Waals surface area contributed by atoms with Crippen LogP contribution in [0.25, 0.3) is 0 Å². The standard InChI is InChI=1S/C18H25N3/c1-4-15-5-9-17(10-6-15)20(2)13-14-21(3)18-11-7-16(19)8-12-18/h5-12H,4,13-14,19H2,1-3H3. The summed E-state index contributed by atoms with van der Waals surface area (Å²) in [5.74, 6) is 0. The molecule has 0 atom stereocenters. The summed E-state index contributed by atoms with van der Waals surface area (Å²) in [7, 11) is 4.25. The quantitative estimate of drug-likeness (QED) is 0.825. The maximum absolute atomic E-state index is 5.72. The van der Waals surface area contributed by atoms with E-state index < -0.39 is 0 Å². The smallest absolute Gasteiger partial charge is 0.0365 e. The second-order valence-corrected chi connectivity index (χ2v) is 5.45. The third-order valence-corrected chi connectivity index (χ3v) is 3.89. The van der Waals surface area contributed by atoms with E-state index >= 15 is 0 Å². The predicted molar refractivity (Wildman–Crippen MR) is 93.2 cm³/mol. The average Bonchev–Trinajstić information content (AvgIpc) is 2.53. The second kappa shape index (κ2) is 7.02. The molecule has 0 unspecified atom stereocenters. The van der Waals surface area contributed by atoms with Gasteiger partial charge in [0, 0.05) is 44.2 Å². The van der Waals surface area contributed by atoms with Gasteiger partial charge < -0.3 is 15.5 Å². The minimum absolute atomic E-state index is 0.806. The van der Waals surface area contributed by atoms with Gasteiger partial charge in [0.1, 0.15) is 0 Å². The van der Waals surface area contributed by atoms with Gasteiger partial charge in [0.15, 0.2) is 0 Å². The highest BCUT2D eigenvalue weighted by Gasteiger charge is 2.04. The molecule has 2 rings (SSSR count). The lowest BCUT2D eigenvalue weighted by Gasteiger charge is -2.25. The molecule has 0 aliphatic carbocycles. The van der Waals surface area contributed by atoms with Gasteiger partial charge in [0.05, 0.1) is 0 Å². The van der Waals surface area contributed by atoms with Crippen LogP contribution in [0.15, 0.2) is 48.5 Å². The first-order valence-electron chi connectivity index (χ1n) is 7.47. The molecule has 0 fully saturated rings. The molecule has 0 aliphatic heterocycles. The fraction of sp³-hybridized carbons (Fsp3) is 0.333. The minimum Gasteiger partial charge on any atom is -0.399 e. The number of rotatable bonds is 6. The molecule has 2 N–H and O–H groups in total. The molecule has 0 radical (unpaired) electrons. The number of aryl methyl sites for hydroxylation is 1. The molecule has 0 bridgehead atoms. The Balaban J connectivity index is 1.90. The monoisotopic (exact) mass is 283 g/mol. The molecular formula is C18H25N3. The number of benzene rings is 2. The number of hydrogen-bond acceptors (Lipinski definition) is 3. The normalized spacial score (nSPS) is 10.4. The second-order valence-electron chi connectivity index (χ2n) is 5.45. The van der Waals surface area contributed by atoms with Gasteiger partial charge in [-0.25, -0.2) is 0 Å². The Morgan fingerprint density at radius 2 is 1.19 bits per heavy atom. The first-order chi connectivity index (χ1) is 10.1. The van der Waals surface area contributed by atoms with Crippen LogP contribution in [0.4, 0.5) is 17.1 Å². The molecule has 0 aliphatic rings. The first kappa shape index (κ1) is 15.2. The lowest BCUT2D eigenvalue weighted by Crippen LogP contribution is -2.30. The number of nitrogen functional groups attached to an aromatic ring is 1. The van der Waals surface area contributed by atoms with Crippen LogP contribution in [0.1, 0.15) is 12.5 Å². The highest BCUT2D eigenvalue weighted by molar-refractivity contribution is 5.53. The maximum Gasteiger partial charge on any atom is 0.0365 e. The van der Waals surface area contributed by atoms with Crippen molar-refractivity contribution in [3.8, 4) is 0 Å². The van der Waals surface area contributed by atoms with Crippen LogP contribution < -0.4 is 15.5 Å². The average molecular weight is 283 g/mol. The van der Waals surface area contributed by atoms with Crippen LogP contribution in [0.5, 0.6) is 0 Å². The van der Waals surface area contributed by atoms with Crippen LogP contribution in [-0.2, 0) is 6.42 Å². The van der Waals surface area contributed by atoms with Crippen molar-refractivity contribution in [2.24, 2.45) is 0 Å². The van der Waals surface area contributed by atoms with Gasteiger partial charge in [-0.1, -0.05) is 19.1 Å². The third kappa shape index (κ3) is 4.15. The largest absolute Gasteiger partial charge is 0.399 e. The zero-order valence-electron chi connectivity index (χ0n) is 13.2. The van der Waals surface area contributed by atoms with E-state index in [4.69, 9.17) is 5.73 Å². The number of nitrogens with two attached hydrogens (primary N) is 1. The van der Waals surface area contributed by atoms with E-state index in [1.54, 1.807) is 0 Å². The molecule has 0 heterocycles. The summed E-state index contributed by atoms with van der Waals surface area (Å²) in [6.07, 6.45) is 1.09. The van der Waals surface area contributed by atoms with Crippen molar-refractivity contribution < 1.29 is 0 Å². The van der Waals surface area contributed by atoms with E-state index in [2.05, 4.69) is 67.2 Å². The predicted octanol–water partition coefficient (Wildman–Crippen LogP) is 3.40. The van der Waals surface area contributed by atoms with Crippen molar-refractivity contribution in [1.82, 2.24) is 0 Å². The summed E-state index contributed by atoms with van der Waals surface area (Å²) in [6, 6.07) is 16.8. The molecule has 21 heavy (non-hydrogen) atoms. The van der Waals surface area contributed by atoms with Crippen molar-refractivity contribution in [3.05, 3.63) is 54.1 Å². The highest BCUT2D eigenvalue weighted by Crippen LogP contribution is 2.16. The zero-order chi connectivity index (χ0) is 15.2. The maximum atomic E-state index is 5.72. The summed E-state index contributed by atoms with van der Waals surface area (Å²) in [5.41, 5.74) is 10.4. The van der Waals surface area contributed by atoms with Gasteiger partial charge in [0.2, 0.25) is 0 Å². The summed E-state index contributed by atoms with van der Waals surface area (Å²) in [6.45, 7) is 4.13. The fourth-order valence-corrected chi connectivity index (χ4v) is 2.27. The van der Waals surface area contributed by atoms with Gasteiger partial charge in [-0.15, -0.1) is 0 Å². The van der Waals surface area contributed by atoms with Crippen molar-refractivity contribution >= 4 is 17.1 Å². The highest BCUT2D eigenvalue weighted by atomic mass is 15.2. The molecule has 0 spiro atoms. The van der Waals surface area contributed by atoms with Crippen molar-refractivity contribution in [1.29, 1.82) is 0 Å². The van der Waals surface area contributed by atoms with E-state index in [-0.39, 0.29) is 0 Å². The summed E-state index contributed by atoms with van der Waals surface area (Å²) < 4.78 is 0. The van der Waals surface area contributed by atoms with Gasteiger partial charge in [0.25, 0.3) is 0 Å². The first-order valence-corrected chi connectivity index (χ1v) is 7.47. The van der Waals surface area contributed by atoms with Gasteiger partial charge in [-0.2, -0.15) is 0 Å². The third-order valence-electron chi connectivity index (χ3n) is 3.89. The van der Waals surface area contributed by atoms with Crippen molar-refractivity contribution in [3.63, 3.8) is 0 Å². The van der Waals surface area contributed by atoms with Crippen LogP contribution in [0.2, 0.25) is 0 Å². The molecule has 2 aromatic carbocycles. The molecule has 112 valence electrons. The molecule has 0 saturated heterocycles. The molecule has 3 heteroatoms. The molecule has 0 saturated carbocycles. The Kier molecular flexibility index (Phi) is 5.09. The van der Waals surface area contributed by atoms with Crippen molar-refractivity contribution in [2.75, 3.05) is 42.7 Å². The van der Waals surface area contributed by atoms with Crippen LogP contribution >= 0.6 is 0 Å². The van der Waals surface area contributed by atoms with Crippen LogP contribution in [-0.4, -0.2) is 27.2 Å². The van der Waals surface area contributed by atoms with E-state index in [1.165, 1.54) is 16.9 Å². The van der Waals surface area contributed by atoms with Crippen LogP contribution in [0.3, 0.4) is 0 Å². The topological polar surface area (TPSA) is 32.5 Å². The summed E-state index contributed by atoms with van der Waals surface area (Å²) in [5, 5.41) is 0. The number of anilines is 3. The lowest BCUT2D eigenvalue weighted by molar-refractivity contribution is 0.833. The molecular weight excluding hydrogens is 258 g/mol. The van der Waals surface area contributed by atoms with E-state index in [1.807, 2.05) is 12.1 Å². The number of nitrogens with zero attached hydrogens (tertiary/aromatic N) is 2. The molecule has 3 nitrogen and oxygen atoms in total. The summed E-state index contributed by atoms with van der Waals surface area (Å²) >= 11 is 0. The Hall–Kier alpha value is -2.16. The zero-order valence-corrected chi connectivity index (χ0v) is 13.2. The van der Waals surface area contributed by atoms with E-state index in [0.29, 0.717) is 0 Å². The van der Waals surface area contributed by atoms with Gasteiger partial charge >= 0.3 is 0 Å². The minimum atomic E-state index is 0.806. The van der Waals surface area contributed by atoms with Gasteiger partial charge in [-0.3, -0.25) is 0 Å². The van der Waals surface area contributed by atoms with E-state index in [0.717, 1.165) is 25.2 Å². The number of hydrogen-bond donors (Lipinski definition) is 1. The summed E-state index contributed by atoms with van der Waals surface area (Å²) in [4.78, 5) is 4.53. The lowest BCUT2D eigenvalue weighted by atomic mass is 10.1. The Morgan fingerprint density at radius 1 is 0.762 bits per heavy atom. The fourth-order valence-electron chi connectivity index (χ4n) is 2.27. The Morgan fingerprint density at radius 3 is 1.62 bits per heavy atom. The molecule has 2 aromatic rings. The van der Waals surface area contributed by atoms with Gasteiger partial charge in [-0.05, 0) is 48.4 Å². The number of likely N-dealkylation sites (N-methyl/N-ethyl adjacent to an activating group) is 2.